The number of carbonyl (C=O) groups excluding carboxylic acids is 1. The molecule has 2 aromatic heterocycles. The molecule has 0 aliphatic carbocycles. The van der Waals surface area contributed by atoms with Gasteiger partial charge in [-0.1, -0.05) is 0 Å². The number of nitrogens with one attached hydrogen (secondary N) is 2. The molecule has 0 fully saturated rings. The van der Waals surface area contributed by atoms with Gasteiger partial charge >= 0.3 is 0 Å². The normalized spacial score (nSPS) is 12.4. The molecule has 7 nitrogen and oxygen atoms in total. The van der Waals surface area contributed by atoms with Gasteiger partial charge in [0.05, 0.1) is 18.1 Å². The second-order valence-corrected chi connectivity index (χ2v) is 3.40. The SMILES string of the molecule is Cn1cc(C(N)C(=O)Nc2cn[nH]c2)cn1. The van der Waals surface area contributed by atoms with Crippen molar-refractivity contribution in [3.05, 3.63) is 30.4 Å². The molecule has 84 valence electrons. The molecule has 1 unspecified atom stereocenters. The van der Waals surface area contributed by atoms with E-state index in [9.17, 15) is 4.79 Å². The largest absolute Gasteiger partial charge is 0.322 e. The van der Waals surface area contributed by atoms with E-state index in [1.807, 2.05) is 0 Å². The van der Waals surface area contributed by atoms with Crippen LogP contribution in [0.15, 0.2) is 24.8 Å². The average molecular weight is 220 g/mol. The number of aryl methyl sites for hydroxylation is 1. The van der Waals surface area contributed by atoms with Gasteiger partial charge in [0.1, 0.15) is 6.04 Å². The number of aromatic nitrogens is 4. The molecule has 2 heterocycles. The van der Waals surface area contributed by atoms with Gasteiger partial charge < -0.3 is 11.1 Å². The van der Waals surface area contributed by atoms with E-state index in [2.05, 4.69) is 20.6 Å². The van der Waals surface area contributed by atoms with Crippen molar-refractivity contribution >= 4 is 11.6 Å². The monoisotopic (exact) mass is 220 g/mol. The second-order valence-electron chi connectivity index (χ2n) is 3.40. The van der Waals surface area contributed by atoms with Crippen LogP contribution >= 0.6 is 0 Å². The Balaban J connectivity index is 2.05. The highest BCUT2D eigenvalue weighted by Crippen LogP contribution is 2.11. The molecular weight excluding hydrogens is 208 g/mol. The molecule has 0 aliphatic rings. The summed E-state index contributed by atoms with van der Waals surface area (Å²) in [5.74, 6) is -0.297. The number of nitrogens with two attached hydrogens (primary N) is 1. The summed E-state index contributed by atoms with van der Waals surface area (Å²) < 4.78 is 1.60. The number of hydrogen-bond donors (Lipinski definition) is 3. The van der Waals surface area contributed by atoms with Crippen LogP contribution in [0.25, 0.3) is 0 Å². The zero-order chi connectivity index (χ0) is 11.5. The second kappa shape index (κ2) is 4.15. The van der Waals surface area contributed by atoms with Crippen molar-refractivity contribution in [2.45, 2.75) is 6.04 Å². The highest BCUT2D eigenvalue weighted by molar-refractivity contribution is 5.95. The maximum atomic E-state index is 11.7. The summed E-state index contributed by atoms with van der Waals surface area (Å²) in [7, 11) is 1.77. The summed E-state index contributed by atoms with van der Waals surface area (Å²) >= 11 is 0. The van der Waals surface area contributed by atoms with E-state index in [1.54, 1.807) is 30.3 Å². The van der Waals surface area contributed by atoms with Crippen molar-refractivity contribution in [3.63, 3.8) is 0 Å². The Kier molecular flexibility index (Phi) is 2.69. The maximum absolute atomic E-state index is 11.7. The lowest BCUT2D eigenvalue weighted by Gasteiger charge is -2.08. The van der Waals surface area contributed by atoms with E-state index in [0.717, 1.165) is 0 Å². The lowest BCUT2D eigenvalue weighted by molar-refractivity contribution is -0.117. The van der Waals surface area contributed by atoms with Crippen molar-refractivity contribution < 1.29 is 4.79 Å². The zero-order valence-corrected chi connectivity index (χ0v) is 8.71. The third-order valence-electron chi connectivity index (χ3n) is 2.13. The minimum absolute atomic E-state index is 0.297. The fraction of sp³-hybridized carbons (Fsp3) is 0.222. The third-order valence-corrected chi connectivity index (χ3v) is 2.13. The Labute approximate surface area is 91.6 Å². The molecular formula is C9H12N6O. The molecule has 1 amide bonds. The first-order valence-electron chi connectivity index (χ1n) is 4.70. The van der Waals surface area contributed by atoms with Crippen LogP contribution in [0.4, 0.5) is 5.69 Å². The quantitative estimate of drug-likeness (QED) is 0.665. The van der Waals surface area contributed by atoms with Crippen LogP contribution in [0, 0.1) is 0 Å². The van der Waals surface area contributed by atoms with Crippen LogP contribution in [0.5, 0.6) is 0 Å². The molecule has 0 spiro atoms. The van der Waals surface area contributed by atoms with Crippen molar-refractivity contribution in [2.24, 2.45) is 12.8 Å². The van der Waals surface area contributed by atoms with Crippen molar-refractivity contribution in [1.82, 2.24) is 20.0 Å². The van der Waals surface area contributed by atoms with E-state index in [0.29, 0.717) is 11.3 Å². The van der Waals surface area contributed by atoms with E-state index in [-0.39, 0.29) is 5.91 Å². The number of carbonyl (C=O) groups is 1. The Morgan fingerprint density at radius 1 is 1.62 bits per heavy atom. The first kappa shape index (κ1) is 10.4. The lowest BCUT2D eigenvalue weighted by atomic mass is 10.1. The molecule has 0 aliphatic heterocycles. The van der Waals surface area contributed by atoms with Gasteiger partial charge in [-0.2, -0.15) is 10.2 Å². The Hall–Kier alpha value is -2.15. The van der Waals surface area contributed by atoms with Gasteiger partial charge in [0.2, 0.25) is 5.91 Å². The Morgan fingerprint density at radius 3 is 3.00 bits per heavy atom. The van der Waals surface area contributed by atoms with Gasteiger partial charge in [0, 0.05) is 25.0 Å². The Morgan fingerprint density at radius 2 is 2.44 bits per heavy atom. The first-order valence-corrected chi connectivity index (χ1v) is 4.70. The summed E-state index contributed by atoms with van der Waals surface area (Å²) in [6, 6.07) is -0.733. The molecule has 0 saturated carbocycles. The summed E-state index contributed by atoms with van der Waals surface area (Å²) in [5, 5.41) is 12.9. The number of H-pyrrole nitrogens is 1. The van der Waals surface area contributed by atoms with Crippen molar-refractivity contribution in [3.8, 4) is 0 Å². The standard InChI is InChI=1S/C9H12N6O/c1-15-5-6(2-13-15)8(10)9(16)14-7-3-11-12-4-7/h2-5,8H,10H2,1H3,(H,11,12)(H,14,16). The van der Waals surface area contributed by atoms with Crippen LogP contribution < -0.4 is 11.1 Å². The summed E-state index contributed by atoms with van der Waals surface area (Å²) in [4.78, 5) is 11.7. The number of rotatable bonds is 3. The summed E-state index contributed by atoms with van der Waals surface area (Å²) in [6.07, 6.45) is 6.36. The lowest BCUT2D eigenvalue weighted by Crippen LogP contribution is -2.27. The molecule has 2 aromatic rings. The number of hydrogen-bond acceptors (Lipinski definition) is 4. The van der Waals surface area contributed by atoms with Crippen LogP contribution in [-0.2, 0) is 11.8 Å². The summed E-state index contributed by atoms with van der Waals surface area (Å²) in [5.41, 5.74) is 7.03. The molecule has 0 radical (unpaired) electrons. The smallest absolute Gasteiger partial charge is 0.246 e. The van der Waals surface area contributed by atoms with Crippen LogP contribution in [-0.4, -0.2) is 25.9 Å². The van der Waals surface area contributed by atoms with Crippen LogP contribution in [0.3, 0.4) is 0 Å². The molecule has 1 atom stereocenters. The van der Waals surface area contributed by atoms with Gasteiger partial charge in [-0.05, 0) is 0 Å². The van der Waals surface area contributed by atoms with Gasteiger partial charge in [-0.25, -0.2) is 0 Å². The zero-order valence-electron chi connectivity index (χ0n) is 8.71. The van der Waals surface area contributed by atoms with E-state index < -0.39 is 6.04 Å². The van der Waals surface area contributed by atoms with Gasteiger partial charge in [-0.15, -0.1) is 0 Å². The molecule has 4 N–H and O–H groups in total. The molecule has 0 aromatic carbocycles. The number of amides is 1. The number of nitrogens with zero attached hydrogens (tertiary/aromatic N) is 3. The van der Waals surface area contributed by atoms with E-state index in [1.165, 1.54) is 6.20 Å². The third kappa shape index (κ3) is 2.09. The van der Waals surface area contributed by atoms with E-state index >= 15 is 0 Å². The van der Waals surface area contributed by atoms with Gasteiger partial charge in [0.15, 0.2) is 0 Å². The molecule has 0 saturated heterocycles. The average Bonchev–Trinajstić information content (AvgIpc) is 2.88. The van der Waals surface area contributed by atoms with Crippen molar-refractivity contribution in [2.75, 3.05) is 5.32 Å². The minimum atomic E-state index is -0.733. The molecule has 7 heteroatoms. The van der Waals surface area contributed by atoms with E-state index in [4.69, 9.17) is 5.73 Å². The molecule has 2 rings (SSSR count). The first-order chi connectivity index (χ1) is 7.66. The number of anilines is 1. The van der Waals surface area contributed by atoms with Crippen LogP contribution in [0.1, 0.15) is 11.6 Å². The predicted molar refractivity (Wildman–Crippen MR) is 57.4 cm³/mol. The van der Waals surface area contributed by atoms with Crippen molar-refractivity contribution in [1.29, 1.82) is 0 Å². The van der Waals surface area contributed by atoms with Gasteiger partial charge in [0.25, 0.3) is 0 Å². The number of aromatic amines is 1. The maximum Gasteiger partial charge on any atom is 0.246 e. The highest BCUT2D eigenvalue weighted by Gasteiger charge is 2.17. The fourth-order valence-electron chi connectivity index (χ4n) is 1.29. The van der Waals surface area contributed by atoms with Crippen LogP contribution in [0.2, 0.25) is 0 Å². The topological polar surface area (TPSA) is 102 Å². The highest BCUT2D eigenvalue weighted by atomic mass is 16.2. The minimum Gasteiger partial charge on any atom is -0.322 e. The summed E-state index contributed by atoms with van der Waals surface area (Å²) in [6.45, 7) is 0. The molecule has 16 heavy (non-hydrogen) atoms. The molecule has 0 bridgehead atoms. The van der Waals surface area contributed by atoms with Gasteiger partial charge in [-0.3, -0.25) is 14.6 Å². The predicted octanol–water partition coefficient (Wildman–Crippen LogP) is -0.218. The fourth-order valence-corrected chi connectivity index (χ4v) is 1.29. The Bertz CT molecular complexity index is 474.